The van der Waals surface area contributed by atoms with Gasteiger partial charge in [-0.2, -0.15) is 0 Å². The second kappa shape index (κ2) is 8.39. The fourth-order valence-electron chi connectivity index (χ4n) is 2.04. The minimum absolute atomic E-state index is 0.124. The second-order valence-corrected chi connectivity index (χ2v) is 5.99. The fourth-order valence-corrected chi connectivity index (χ4v) is 2.63. The molecule has 1 aromatic carbocycles. The van der Waals surface area contributed by atoms with Gasteiger partial charge in [0.25, 0.3) is 11.1 Å². The fraction of sp³-hybridized carbons (Fsp3) is 0.235. The van der Waals surface area contributed by atoms with E-state index in [9.17, 15) is 4.79 Å². The van der Waals surface area contributed by atoms with E-state index in [1.807, 2.05) is 37.3 Å². The summed E-state index contributed by atoms with van der Waals surface area (Å²) in [5, 5.41) is 11.0. The minimum atomic E-state index is -0.124. The minimum Gasteiger partial charge on any atom is -0.492 e. The predicted molar refractivity (Wildman–Crippen MR) is 92.4 cm³/mol. The zero-order valence-electron chi connectivity index (χ0n) is 13.6. The molecule has 7 nitrogen and oxygen atoms in total. The van der Waals surface area contributed by atoms with Crippen LogP contribution in [0.3, 0.4) is 0 Å². The first-order valence-electron chi connectivity index (χ1n) is 7.67. The third-order valence-electron chi connectivity index (χ3n) is 3.26. The molecule has 0 saturated carbocycles. The average molecular weight is 359 g/mol. The second-order valence-electron chi connectivity index (χ2n) is 5.06. The Labute approximate surface area is 148 Å². The van der Waals surface area contributed by atoms with Crippen LogP contribution in [0.2, 0.25) is 0 Å². The Bertz CT molecular complexity index is 816. The van der Waals surface area contributed by atoms with Crippen molar-refractivity contribution in [3.63, 3.8) is 0 Å². The van der Waals surface area contributed by atoms with Gasteiger partial charge in [-0.1, -0.05) is 30.0 Å². The van der Waals surface area contributed by atoms with Gasteiger partial charge >= 0.3 is 0 Å². The van der Waals surface area contributed by atoms with Gasteiger partial charge < -0.3 is 18.9 Å². The lowest BCUT2D eigenvalue weighted by molar-refractivity contribution is -0.118. The predicted octanol–water partition coefficient (Wildman–Crippen LogP) is 2.93. The molecule has 0 aliphatic heterocycles. The Balaban J connectivity index is 1.38. The zero-order chi connectivity index (χ0) is 17.5. The number of benzene rings is 1. The summed E-state index contributed by atoms with van der Waals surface area (Å²) >= 11 is 1.18. The highest BCUT2D eigenvalue weighted by atomic mass is 32.2. The number of aryl methyl sites for hydroxylation is 1. The van der Waals surface area contributed by atoms with Gasteiger partial charge in [0.15, 0.2) is 0 Å². The number of furan rings is 1. The number of nitrogens with one attached hydrogen (secondary N) is 1. The van der Waals surface area contributed by atoms with E-state index in [0.29, 0.717) is 30.0 Å². The van der Waals surface area contributed by atoms with Crippen molar-refractivity contribution in [1.29, 1.82) is 0 Å². The summed E-state index contributed by atoms with van der Waals surface area (Å²) < 4.78 is 16.2. The summed E-state index contributed by atoms with van der Waals surface area (Å²) in [6, 6.07) is 11.2. The molecule has 130 valence electrons. The third-order valence-corrected chi connectivity index (χ3v) is 4.08. The summed E-state index contributed by atoms with van der Waals surface area (Å²) in [5.41, 5.74) is 0.752. The van der Waals surface area contributed by atoms with Gasteiger partial charge in [0.2, 0.25) is 5.91 Å². The van der Waals surface area contributed by atoms with E-state index in [1.54, 1.807) is 12.3 Å². The van der Waals surface area contributed by atoms with E-state index < -0.39 is 0 Å². The van der Waals surface area contributed by atoms with Gasteiger partial charge in [-0.05, 0) is 25.1 Å². The SMILES string of the molecule is Cc1occc1-c1nnc(SCC(=O)NCCOc2ccccc2)o1. The normalized spacial score (nSPS) is 10.6. The van der Waals surface area contributed by atoms with E-state index in [1.165, 1.54) is 11.8 Å². The number of rotatable bonds is 8. The number of hydrogen-bond acceptors (Lipinski definition) is 7. The van der Waals surface area contributed by atoms with Gasteiger partial charge in [-0.25, -0.2) is 0 Å². The highest BCUT2D eigenvalue weighted by Gasteiger charge is 2.14. The number of nitrogens with zero attached hydrogens (tertiary/aromatic N) is 2. The van der Waals surface area contributed by atoms with Crippen molar-refractivity contribution >= 4 is 17.7 Å². The van der Waals surface area contributed by atoms with Crippen LogP contribution in [0.1, 0.15) is 5.76 Å². The maximum Gasteiger partial charge on any atom is 0.277 e. The number of hydrogen-bond donors (Lipinski definition) is 1. The summed E-state index contributed by atoms with van der Waals surface area (Å²) in [6.07, 6.45) is 1.56. The lowest BCUT2D eigenvalue weighted by atomic mass is 10.3. The van der Waals surface area contributed by atoms with Crippen LogP contribution < -0.4 is 10.1 Å². The summed E-state index contributed by atoms with van der Waals surface area (Å²) in [4.78, 5) is 11.8. The Morgan fingerprint density at radius 2 is 2.08 bits per heavy atom. The lowest BCUT2D eigenvalue weighted by Gasteiger charge is -2.06. The number of thioether (sulfide) groups is 1. The maximum atomic E-state index is 11.8. The molecule has 0 unspecified atom stereocenters. The molecule has 2 aromatic heterocycles. The molecular formula is C17H17N3O4S. The first kappa shape index (κ1) is 17.1. The van der Waals surface area contributed by atoms with E-state index in [0.717, 1.165) is 11.3 Å². The molecular weight excluding hydrogens is 342 g/mol. The van der Waals surface area contributed by atoms with E-state index >= 15 is 0 Å². The van der Waals surface area contributed by atoms with Crippen LogP contribution in [-0.2, 0) is 4.79 Å². The van der Waals surface area contributed by atoms with E-state index in [4.69, 9.17) is 13.6 Å². The molecule has 0 saturated heterocycles. The number of carbonyl (C=O) groups excluding carboxylic acids is 1. The molecule has 1 amide bonds. The molecule has 3 rings (SSSR count). The summed E-state index contributed by atoms with van der Waals surface area (Å²) in [6.45, 7) is 2.65. The third kappa shape index (κ3) is 4.87. The van der Waals surface area contributed by atoms with Crippen LogP contribution in [0.15, 0.2) is 56.7 Å². The largest absolute Gasteiger partial charge is 0.492 e. The molecule has 2 heterocycles. The molecule has 0 aliphatic carbocycles. The van der Waals surface area contributed by atoms with Crippen LogP contribution in [0.4, 0.5) is 0 Å². The van der Waals surface area contributed by atoms with Crippen molar-refractivity contribution in [2.75, 3.05) is 18.9 Å². The average Bonchev–Trinajstić information content (AvgIpc) is 3.26. The first-order chi connectivity index (χ1) is 12.2. The lowest BCUT2D eigenvalue weighted by Crippen LogP contribution is -2.29. The molecule has 25 heavy (non-hydrogen) atoms. The highest BCUT2D eigenvalue weighted by Crippen LogP contribution is 2.26. The molecule has 0 aliphatic rings. The van der Waals surface area contributed by atoms with Crippen LogP contribution >= 0.6 is 11.8 Å². The highest BCUT2D eigenvalue weighted by molar-refractivity contribution is 7.99. The molecule has 8 heteroatoms. The van der Waals surface area contributed by atoms with E-state index in [-0.39, 0.29) is 11.7 Å². The summed E-state index contributed by atoms with van der Waals surface area (Å²) in [7, 11) is 0. The monoisotopic (exact) mass is 359 g/mol. The van der Waals surface area contributed by atoms with Crippen LogP contribution in [-0.4, -0.2) is 35.0 Å². The molecule has 0 bridgehead atoms. The van der Waals surface area contributed by atoms with Crippen molar-refractivity contribution < 1.29 is 18.4 Å². The van der Waals surface area contributed by atoms with Gasteiger partial charge in [0, 0.05) is 0 Å². The molecule has 3 aromatic rings. The Hall–Kier alpha value is -2.74. The first-order valence-corrected chi connectivity index (χ1v) is 8.66. The van der Waals surface area contributed by atoms with E-state index in [2.05, 4.69) is 15.5 Å². The smallest absolute Gasteiger partial charge is 0.277 e. The topological polar surface area (TPSA) is 90.4 Å². The van der Waals surface area contributed by atoms with Crippen LogP contribution in [0.5, 0.6) is 5.75 Å². The number of para-hydroxylation sites is 1. The number of ether oxygens (including phenoxy) is 1. The van der Waals surface area contributed by atoms with Crippen LogP contribution in [0, 0.1) is 6.92 Å². The maximum absolute atomic E-state index is 11.8. The number of aromatic nitrogens is 2. The van der Waals surface area contributed by atoms with Gasteiger partial charge in [0.05, 0.1) is 24.1 Å². The zero-order valence-corrected chi connectivity index (χ0v) is 14.4. The van der Waals surface area contributed by atoms with Crippen LogP contribution in [0.25, 0.3) is 11.5 Å². The van der Waals surface area contributed by atoms with Crippen molar-refractivity contribution in [3.8, 4) is 17.2 Å². The standard InChI is InChI=1S/C17H17N3O4S/c1-12-14(7-9-22-12)16-19-20-17(24-16)25-11-15(21)18-8-10-23-13-5-3-2-4-6-13/h2-7,9H,8,10-11H2,1H3,(H,18,21). The Morgan fingerprint density at radius 3 is 2.84 bits per heavy atom. The molecule has 1 N–H and O–H groups in total. The molecule has 0 atom stereocenters. The van der Waals surface area contributed by atoms with Crippen molar-refractivity contribution in [2.24, 2.45) is 0 Å². The number of amides is 1. The van der Waals surface area contributed by atoms with Crippen molar-refractivity contribution in [1.82, 2.24) is 15.5 Å². The van der Waals surface area contributed by atoms with Gasteiger partial charge in [-0.15, -0.1) is 10.2 Å². The molecule has 0 spiro atoms. The Kier molecular flexibility index (Phi) is 5.73. The Morgan fingerprint density at radius 1 is 1.24 bits per heavy atom. The van der Waals surface area contributed by atoms with Crippen molar-refractivity contribution in [2.45, 2.75) is 12.1 Å². The number of carbonyl (C=O) groups is 1. The molecule has 0 radical (unpaired) electrons. The quantitative estimate of drug-likeness (QED) is 0.488. The van der Waals surface area contributed by atoms with Crippen molar-refractivity contribution in [3.05, 3.63) is 48.4 Å². The summed E-state index contributed by atoms with van der Waals surface area (Å²) in [5.74, 6) is 1.93. The van der Waals surface area contributed by atoms with Gasteiger partial charge in [0.1, 0.15) is 18.1 Å². The van der Waals surface area contributed by atoms with Gasteiger partial charge in [-0.3, -0.25) is 4.79 Å². The molecule has 0 fully saturated rings.